The summed E-state index contributed by atoms with van der Waals surface area (Å²) in [6.07, 6.45) is 3.24. The van der Waals surface area contributed by atoms with Crippen molar-refractivity contribution in [2.75, 3.05) is 13.1 Å². The highest BCUT2D eigenvalue weighted by molar-refractivity contribution is 5.79. The fraction of sp³-hybridized carbons (Fsp3) is 0.846. The molecule has 0 radical (unpaired) electrons. The van der Waals surface area contributed by atoms with E-state index in [0.717, 1.165) is 19.4 Å². The van der Waals surface area contributed by atoms with Crippen molar-refractivity contribution in [1.82, 2.24) is 4.90 Å². The molecular formula is C13H23NO2. The van der Waals surface area contributed by atoms with Crippen molar-refractivity contribution in [3.8, 4) is 0 Å². The Kier molecular flexibility index (Phi) is 4.97. The van der Waals surface area contributed by atoms with E-state index < -0.39 is 0 Å². The molecule has 1 heterocycles. The third kappa shape index (κ3) is 3.95. The first-order valence-electron chi connectivity index (χ1n) is 6.28. The molecule has 0 aliphatic carbocycles. The number of rotatable bonds is 4. The summed E-state index contributed by atoms with van der Waals surface area (Å²) in [6.45, 7) is 7.47. The normalized spacial score (nSPS) is 22.4. The summed E-state index contributed by atoms with van der Waals surface area (Å²) in [5, 5.41) is 0. The Morgan fingerprint density at radius 3 is 2.69 bits per heavy atom. The zero-order valence-corrected chi connectivity index (χ0v) is 10.7. The van der Waals surface area contributed by atoms with Crippen LogP contribution in [0, 0.1) is 11.8 Å². The van der Waals surface area contributed by atoms with Crippen molar-refractivity contribution in [1.29, 1.82) is 0 Å². The Balaban J connectivity index is 2.47. The van der Waals surface area contributed by atoms with Crippen LogP contribution in [-0.2, 0) is 9.59 Å². The maximum atomic E-state index is 11.8. The molecule has 0 aromatic rings. The van der Waals surface area contributed by atoms with E-state index in [0.29, 0.717) is 31.2 Å². The number of nitrogens with zero attached hydrogens (tertiary/aromatic N) is 1. The van der Waals surface area contributed by atoms with E-state index in [2.05, 4.69) is 13.8 Å². The van der Waals surface area contributed by atoms with Crippen LogP contribution in [0.5, 0.6) is 0 Å². The van der Waals surface area contributed by atoms with Gasteiger partial charge in [0.05, 0.1) is 0 Å². The first-order chi connectivity index (χ1) is 7.50. The lowest BCUT2D eigenvalue weighted by Gasteiger charge is -2.21. The van der Waals surface area contributed by atoms with Crippen LogP contribution in [0.25, 0.3) is 0 Å². The molecule has 1 aliphatic heterocycles. The van der Waals surface area contributed by atoms with Crippen molar-refractivity contribution in [3.63, 3.8) is 0 Å². The molecule has 1 rings (SSSR count). The summed E-state index contributed by atoms with van der Waals surface area (Å²) in [5.74, 6) is 1.70. The molecule has 1 amide bonds. The molecular weight excluding hydrogens is 202 g/mol. The molecule has 16 heavy (non-hydrogen) atoms. The standard InChI is InChI=1S/C13H23NO2/c1-10(2)12-4-5-13(16)14(9-7-12)8-6-11(3)15/h10,12H,4-9H2,1-3H3. The lowest BCUT2D eigenvalue weighted by atomic mass is 9.89. The highest BCUT2D eigenvalue weighted by Gasteiger charge is 2.23. The quantitative estimate of drug-likeness (QED) is 0.736. The van der Waals surface area contributed by atoms with Crippen LogP contribution in [0.1, 0.15) is 46.5 Å². The van der Waals surface area contributed by atoms with Crippen molar-refractivity contribution in [2.24, 2.45) is 11.8 Å². The van der Waals surface area contributed by atoms with Gasteiger partial charge in [-0.3, -0.25) is 9.59 Å². The van der Waals surface area contributed by atoms with Crippen molar-refractivity contribution >= 4 is 11.7 Å². The highest BCUT2D eigenvalue weighted by Crippen LogP contribution is 2.25. The maximum absolute atomic E-state index is 11.8. The molecule has 1 unspecified atom stereocenters. The smallest absolute Gasteiger partial charge is 0.222 e. The van der Waals surface area contributed by atoms with Gasteiger partial charge in [-0.15, -0.1) is 0 Å². The maximum Gasteiger partial charge on any atom is 0.222 e. The minimum absolute atomic E-state index is 0.164. The number of carbonyl (C=O) groups excluding carboxylic acids is 2. The molecule has 3 heteroatoms. The Labute approximate surface area is 98.2 Å². The van der Waals surface area contributed by atoms with Gasteiger partial charge in [0.2, 0.25) is 5.91 Å². The molecule has 0 bridgehead atoms. The number of hydrogen-bond acceptors (Lipinski definition) is 2. The third-order valence-corrected chi connectivity index (χ3v) is 3.53. The minimum atomic E-state index is 0.164. The molecule has 3 nitrogen and oxygen atoms in total. The lowest BCUT2D eigenvalue weighted by Crippen LogP contribution is -2.32. The van der Waals surface area contributed by atoms with E-state index in [1.54, 1.807) is 6.92 Å². The van der Waals surface area contributed by atoms with Gasteiger partial charge in [0.15, 0.2) is 0 Å². The second-order valence-corrected chi connectivity index (χ2v) is 5.16. The van der Waals surface area contributed by atoms with Crippen LogP contribution < -0.4 is 0 Å². The van der Waals surface area contributed by atoms with Gasteiger partial charge in [0.25, 0.3) is 0 Å². The first-order valence-corrected chi connectivity index (χ1v) is 6.28. The summed E-state index contributed by atoms with van der Waals surface area (Å²) in [6, 6.07) is 0. The molecule has 1 aliphatic rings. The Hall–Kier alpha value is -0.860. The molecule has 1 saturated heterocycles. The monoisotopic (exact) mass is 225 g/mol. The largest absolute Gasteiger partial charge is 0.342 e. The van der Waals surface area contributed by atoms with E-state index in [4.69, 9.17) is 0 Å². The van der Waals surface area contributed by atoms with Gasteiger partial charge in [-0.25, -0.2) is 0 Å². The van der Waals surface area contributed by atoms with Crippen LogP contribution in [0.3, 0.4) is 0 Å². The summed E-state index contributed by atoms with van der Waals surface area (Å²) >= 11 is 0. The zero-order chi connectivity index (χ0) is 12.1. The van der Waals surface area contributed by atoms with E-state index >= 15 is 0 Å². The van der Waals surface area contributed by atoms with Crippen LogP contribution in [0.2, 0.25) is 0 Å². The van der Waals surface area contributed by atoms with Crippen LogP contribution >= 0.6 is 0 Å². The van der Waals surface area contributed by atoms with Gasteiger partial charge in [-0.05, 0) is 31.6 Å². The average molecular weight is 225 g/mol. The average Bonchev–Trinajstić information content (AvgIpc) is 2.37. The fourth-order valence-corrected chi connectivity index (χ4v) is 2.25. The molecule has 0 aromatic heterocycles. The van der Waals surface area contributed by atoms with Crippen molar-refractivity contribution in [2.45, 2.75) is 46.5 Å². The second kappa shape index (κ2) is 6.02. The van der Waals surface area contributed by atoms with Gasteiger partial charge < -0.3 is 4.90 Å². The SMILES string of the molecule is CC(=O)CCN1CCC(C(C)C)CCC1=O. The molecule has 92 valence electrons. The zero-order valence-electron chi connectivity index (χ0n) is 10.7. The summed E-state index contributed by atoms with van der Waals surface area (Å²) in [5.41, 5.74) is 0. The molecule has 1 atom stereocenters. The van der Waals surface area contributed by atoms with Gasteiger partial charge >= 0.3 is 0 Å². The van der Waals surface area contributed by atoms with E-state index in [1.807, 2.05) is 4.90 Å². The molecule has 0 N–H and O–H groups in total. The predicted molar refractivity (Wildman–Crippen MR) is 64.1 cm³/mol. The van der Waals surface area contributed by atoms with Crippen molar-refractivity contribution < 1.29 is 9.59 Å². The van der Waals surface area contributed by atoms with E-state index in [9.17, 15) is 9.59 Å². The first kappa shape index (κ1) is 13.2. The van der Waals surface area contributed by atoms with Crippen LogP contribution in [0.4, 0.5) is 0 Å². The van der Waals surface area contributed by atoms with Crippen LogP contribution in [-0.4, -0.2) is 29.7 Å². The number of likely N-dealkylation sites (tertiary alicyclic amines) is 1. The van der Waals surface area contributed by atoms with Gasteiger partial charge in [0.1, 0.15) is 5.78 Å². The topological polar surface area (TPSA) is 37.4 Å². The van der Waals surface area contributed by atoms with Gasteiger partial charge in [0, 0.05) is 25.9 Å². The Bertz CT molecular complexity index is 261. The second-order valence-electron chi connectivity index (χ2n) is 5.16. The van der Waals surface area contributed by atoms with Crippen molar-refractivity contribution in [3.05, 3.63) is 0 Å². The van der Waals surface area contributed by atoms with E-state index in [1.165, 1.54) is 0 Å². The number of carbonyl (C=O) groups is 2. The lowest BCUT2D eigenvalue weighted by molar-refractivity contribution is -0.131. The van der Waals surface area contributed by atoms with Gasteiger partial charge in [-0.1, -0.05) is 13.8 Å². The summed E-state index contributed by atoms with van der Waals surface area (Å²) < 4.78 is 0. The van der Waals surface area contributed by atoms with E-state index in [-0.39, 0.29) is 11.7 Å². The number of ketones is 1. The number of hydrogen-bond donors (Lipinski definition) is 0. The molecule has 0 aromatic carbocycles. The third-order valence-electron chi connectivity index (χ3n) is 3.53. The Morgan fingerprint density at radius 1 is 1.44 bits per heavy atom. The number of Topliss-reactive ketones (excluding diaryl/α,β-unsaturated/α-hetero) is 1. The summed E-state index contributed by atoms with van der Waals surface area (Å²) in [7, 11) is 0. The minimum Gasteiger partial charge on any atom is -0.342 e. The molecule has 1 fully saturated rings. The predicted octanol–water partition coefficient (Wildman–Crippen LogP) is 2.25. The molecule has 0 saturated carbocycles. The van der Waals surface area contributed by atoms with Gasteiger partial charge in [-0.2, -0.15) is 0 Å². The summed E-state index contributed by atoms with van der Waals surface area (Å²) in [4.78, 5) is 24.6. The van der Waals surface area contributed by atoms with Crippen LogP contribution in [0.15, 0.2) is 0 Å². The number of amides is 1. The fourth-order valence-electron chi connectivity index (χ4n) is 2.25. The highest BCUT2D eigenvalue weighted by atomic mass is 16.2. The Morgan fingerprint density at radius 2 is 2.12 bits per heavy atom. The molecule has 0 spiro atoms.